The third-order valence-electron chi connectivity index (χ3n) is 7.06. The van der Waals surface area contributed by atoms with Crippen molar-refractivity contribution in [3.8, 4) is 17.2 Å². The maximum absolute atomic E-state index is 12.4. The summed E-state index contributed by atoms with van der Waals surface area (Å²) in [5.41, 5.74) is 13.5. The van der Waals surface area contributed by atoms with Crippen LogP contribution in [0.5, 0.6) is 17.2 Å². The molecule has 0 aliphatic rings. The van der Waals surface area contributed by atoms with Crippen LogP contribution in [-0.4, -0.2) is 31.8 Å². The first-order valence-electron chi connectivity index (χ1n) is 15.5. The Labute approximate surface area is 264 Å². The molecule has 45 heavy (non-hydrogen) atoms. The van der Waals surface area contributed by atoms with E-state index in [-0.39, 0.29) is 0 Å². The van der Waals surface area contributed by atoms with Crippen molar-refractivity contribution < 1.29 is 28.5 Å². The normalized spacial score (nSPS) is 11.0. The molecule has 0 atom stereocenters. The number of rotatable bonds is 17. The number of ether oxygens (including phenoxy) is 4. The van der Waals surface area contributed by atoms with E-state index < -0.39 is 11.9 Å². The van der Waals surface area contributed by atoms with Gasteiger partial charge >= 0.3 is 11.9 Å². The minimum Gasteiger partial charge on any atom is -0.494 e. The van der Waals surface area contributed by atoms with Gasteiger partial charge in [-0.1, -0.05) is 44.0 Å². The van der Waals surface area contributed by atoms with Gasteiger partial charge < -0.3 is 30.4 Å². The summed E-state index contributed by atoms with van der Waals surface area (Å²) >= 11 is 0. The summed E-state index contributed by atoms with van der Waals surface area (Å²) in [6.07, 6.45) is 10.0. The summed E-state index contributed by atoms with van der Waals surface area (Å²) in [5.74, 6) is 1.22. The van der Waals surface area contributed by atoms with Gasteiger partial charge in [-0.2, -0.15) is 0 Å². The molecule has 8 heteroatoms. The molecule has 4 N–H and O–H groups in total. The lowest BCUT2D eigenvalue weighted by Gasteiger charge is -2.08. The average molecular weight is 611 g/mol. The Bertz CT molecular complexity index is 1560. The van der Waals surface area contributed by atoms with Crippen molar-refractivity contribution in [3.63, 3.8) is 0 Å². The van der Waals surface area contributed by atoms with Crippen LogP contribution < -0.4 is 25.7 Å². The Balaban J connectivity index is 1.11. The molecular weight excluding hydrogens is 568 g/mol. The van der Waals surface area contributed by atoms with Crippen LogP contribution in [-0.2, 0) is 9.53 Å². The highest BCUT2D eigenvalue weighted by Gasteiger charge is 2.09. The molecular formula is C37H42N2O6. The summed E-state index contributed by atoms with van der Waals surface area (Å²) in [7, 11) is 0. The molecule has 0 amide bonds. The summed E-state index contributed by atoms with van der Waals surface area (Å²) in [6.45, 7) is 3.81. The van der Waals surface area contributed by atoms with Crippen molar-refractivity contribution in [1.29, 1.82) is 0 Å². The number of nitrogens with two attached hydrogens (primary N) is 2. The first kappa shape index (κ1) is 32.9. The fourth-order valence-electron chi connectivity index (χ4n) is 4.68. The first-order valence-corrected chi connectivity index (χ1v) is 15.5. The quantitative estimate of drug-likeness (QED) is 0.0405. The predicted molar refractivity (Wildman–Crippen MR) is 180 cm³/mol. The molecule has 0 fully saturated rings. The zero-order chi connectivity index (χ0) is 31.9. The number of carbonyl (C=O) groups is 2. The van der Waals surface area contributed by atoms with Gasteiger partial charge in [-0.3, -0.25) is 0 Å². The molecule has 4 rings (SSSR count). The van der Waals surface area contributed by atoms with Crippen LogP contribution in [0, 0.1) is 0 Å². The number of nitrogen functional groups attached to an aromatic ring is 2. The van der Waals surface area contributed by atoms with Crippen LogP contribution in [0.25, 0.3) is 16.8 Å². The topological polar surface area (TPSA) is 123 Å². The first-order chi connectivity index (χ1) is 21.9. The third kappa shape index (κ3) is 11.2. The van der Waals surface area contributed by atoms with Gasteiger partial charge in [0, 0.05) is 17.5 Å². The highest BCUT2D eigenvalue weighted by atomic mass is 16.5. The Morgan fingerprint density at radius 3 is 1.91 bits per heavy atom. The molecule has 0 radical (unpaired) electrons. The average Bonchev–Trinajstić information content (AvgIpc) is 3.03. The van der Waals surface area contributed by atoms with Gasteiger partial charge in [-0.25, -0.2) is 9.59 Å². The molecule has 0 unspecified atom stereocenters. The zero-order valence-corrected chi connectivity index (χ0v) is 25.8. The molecule has 0 aliphatic heterocycles. The highest BCUT2D eigenvalue weighted by molar-refractivity contribution is 5.92. The number of fused-ring (bicyclic) bond motifs is 1. The lowest BCUT2D eigenvalue weighted by Crippen LogP contribution is -2.08. The Kier molecular flexibility index (Phi) is 12.7. The van der Waals surface area contributed by atoms with Gasteiger partial charge in [-0.05, 0) is 109 Å². The van der Waals surface area contributed by atoms with Crippen molar-refractivity contribution in [3.05, 3.63) is 96.1 Å². The molecule has 236 valence electrons. The number of benzene rings is 4. The molecule has 0 heterocycles. The largest absolute Gasteiger partial charge is 0.494 e. The van der Waals surface area contributed by atoms with Gasteiger partial charge in [0.25, 0.3) is 0 Å². The predicted octanol–water partition coefficient (Wildman–Crippen LogP) is 7.99. The smallest absolute Gasteiger partial charge is 0.338 e. The van der Waals surface area contributed by atoms with Gasteiger partial charge in [0.05, 0.1) is 25.4 Å². The van der Waals surface area contributed by atoms with E-state index in [1.54, 1.807) is 30.3 Å². The van der Waals surface area contributed by atoms with Crippen molar-refractivity contribution >= 4 is 40.2 Å². The van der Waals surface area contributed by atoms with E-state index in [1.807, 2.05) is 54.6 Å². The van der Waals surface area contributed by atoms with Crippen molar-refractivity contribution in [2.24, 2.45) is 0 Å². The second-order valence-corrected chi connectivity index (χ2v) is 10.8. The molecule has 0 aromatic heterocycles. The molecule has 0 bridgehead atoms. The van der Waals surface area contributed by atoms with Crippen LogP contribution in [0.1, 0.15) is 67.8 Å². The monoisotopic (exact) mass is 610 g/mol. The molecule has 0 aliphatic carbocycles. The van der Waals surface area contributed by atoms with Crippen LogP contribution >= 0.6 is 0 Å². The van der Waals surface area contributed by atoms with Crippen molar-refractivity contribution in [1.82, 2.24) is 0 Å². The Hall–Kier alpha value is -4.98. The number of carbonyl (C=O) groups excluding carboxylic acids is 2. The molecule has 8 nitrogen and oxygen atoms in total. The highest BCUT2D eigenvalue weighted by Crippen LogP contribution is 2.25. The Morgan fingerprint density at radius 1 is 0.644 bits per heavy atom. The Morgan fingerprint density at radius 2 is 1.22 bits per heavy atom. The summed E-state index contributed by atoms with van der Waals surface area (Å²) in [4.78, 5) is 24.5. The molecule has 0 saturated carbocycles. The zero-order valence-electron chi connectivity index (χ0n) is 25.8. The second-order valence-electron chi connectivity index (χ2n) is 10.8. The maximum atomic E-state index is 12.4. The van der Waals surface area contributed by atoms with E-state index in [0.29, 0.717) is 42.5 Å². The standard InChI is InChI=1S/C37H42N2O6/c1-2-3-6-19-43-34-16-12-29-25-35(17-13-28(29)24-34)45-36(40)18-11-27-9-14-33(15-10-27)42-20-7-4-5-8-21-44-37(41)30-22-31(38)26-32(39)23-30/h9-18,22-26H,2-8,19-21,38-39H2,1H3/b18-11+. The van der Waals surface area contributed by atoms with E-state index in [2.05, 4.69) is 6.92 Å². The second kappa shape index (κ2) is 17.3. The summed E-state index contributed by atoms with van der Waals surface area (Å²) < 4.78 is 22.5. The van der Waals surface area contributed by atoms with Crippen LogP contribution in [0.4, 0.5) is 11.4 Å². The summed E-state index contributed by atoms with van der Waals surface area (Å²) in [6, 6.07) is 23.7. The van der Waals surface area contributed by atoms with Gasteiger partial charge in [0.2, 0.25) is 0 Å². The number of anilines is 2. The van der Waals surface area contributed by atoms with Crippen LogP contribution in [0.2, 0.25) is 0 Å². The van der Waals surface area contributed by atoms with E-state index in [1.165, 1.54) is 6.08 Å². The molecule has 0 spiro atoms. The fraction of sp³-hybridized carbons (Fsp3) is 0.297. The summed E-state index contributed by atoms with van der Waals surface area (Å²) in [5, 5.41) is 2.00. The lowest BCUT2D eigenvalue weighted by molar-refractivity contribution is -0.128. The van der Waals surface area contributed by atoms with Crippen LogP contribution in [0.3, 0.4) is 0 Å². The van der Waals surface area contributed by atoms with Gasteiger partial charge in [0.1, 0.15) is 17.2 Å². The molecule has 4 aromatic rings. The van der Waals surface area contributed by atoms with Gasteiger partial charge in [0.15, 0.2) is 0 Å². The van der Waals surface area contributed by atoms with E-state index in [0.717, 1.165) is 72.8 Å². The maximum Gasteiger partial charge on any atom is 0.338 e. The number of hydrogen-bond donors (Lipinski definition) is 2. The van der Waals surface area contributed by atoms with E-state index in [9.17, 15) is 9.59 Å². The fourth-order valence-corrected chi connectivity index (χ4v) is 4.68. The number of esters is 2. The molecule has 4 aromatic carbocycles. The van der Waals surface area contributed by atoms with E-state index >= 15 is 0 Å². The van der Waals surface area contributed by atoms with E-state index in [4.69, 9.17) is 30.4 Å². The molecule has 0 saturated heterocycles. The van der Waals surface area contributed by atoms with Crippen molar-refractivity contribution in [2.45, 2.75) is 51.9 Å². The van der Waals surface area contributed by atoms with Crippen LogP contribution in [0.15, 0.2) is 84.9 Å². The minimum absolute atomic E-state index is 0.342. The van der Waals surface area contributed by atoms with Crippen molar-refractivity contribution in [2.75, 3.05) is 31.3 Å². The van der Waals surface area contributed by atoms with Gasteiger partial charge in [-0.15, -0.1) is 0 Å². The minimum atomic E-state index is -0.449. The lowest BCUT2D eigenvalue weighted by atomic mass is 10.1. The SMILES string of the molecule is CCCCCOc1ccc2cc(OC(=O)/C=C/c3ccc(OCCCCCCOC(=O)c4cc(N)cc(N)c4)cc3)ccc2c1. The number of unbranched alkanes of at least 4 members (excludes halogenated alkanes) is 5. The third-order valence-corrected chi connectivity index (χ3v) is 7.06. The number of hydrogen-bond acceptors (Lipinski definition) is 8.